The first-order valence-corrected chi connectivity index (χ1v) is 26.2. The van der Waals surface area contributed by atoms with E-state index in [2.05, 4.69) is 43.0 Å². The minimum absolute atomic E-state index is 0.00700. The van der Waals surface area contributed by atoms with Crippen molar-refractivity contribution in [2.24, 2.45) is 15.8 Å². The lowest BCUT2D eigenvalue weighted by Crippen LogP contribution is -2.59. The summed E-state index contributed by atoms with van der Waals surface area (Å²) >= 11 is 0. The Morgan fingerprint density at radius 2 is 1.61 bits per heavy atom. The van der Waals surface area contributed by atoms with Crippen LogP contribution in [0, 0.1) is 41.7 Å². The smallest absolute Gasteiger partial charge is 0.319 e. The van der Waals surface area contributed by atoms with Crippen LogP contribution in [0.4, 0.5) is 24.7 Å². The van der Waals surface area contributed by atoms with Crippen molar-refractivity contribution in [3.05, 3.63) is 81.5 Å². The number of hydrogen-bond donors (Lipinski definition) is 3. The molecule has 0 radical (unpaired) electrons. The number of fused-ring (bicyclic) bond motifs is 4. The van der Waals surface area contributed by atoms with Crippen LogP contribution in [0.1, 0.15) is 107 Å². The SMILES string of the molecule is C#Cc1c(F)ccc2cc(O)cc(/C(N=C)=C(\F)c3nc(OCC4(CN5CCC6(CC5)CC(N5CCN(c7cc8c(cc7F)C(=O)N(C7CCC(=O)NC7=O)C8=O)CC5)C6)CC4)nc(N4CC5CCC(C4)N5)c3C)c12. The van der Waals surface area contributed by atoms with Gasteiger partial charge in [0.1, 0.15) is 40.6 Å². The first-order valence-electron chi connectivity index (χ1n) is 26.2. The molecule has 2 aliphatic carbocycles. The number of nitrogens with zero attached hydrogens (tertiary/aromatic N) is 8. The number of amides is 4. The van der Waals surface area contributed by atoms with Gasteiger partial charge in [0.2, 0.25) is 11.8 Å². The maximum atomic E-state index is 17.4. The molecule has 4 aromatic rings. The Hall–Kier alpha value is -6.88. The highest BCUT2D eigenvalue weighted by atomic mass is 19.1. The number of anilines is 2. The first-order chi connectivity index (χ1) is 36.1. The Bertz CT molecular complexity index is 3160. The van der Waals surface area contributed by atoms with Crippen LogP contribution in [0.3, 0.4) is 0 Å². The largest absolute Gasteiger partial charge is 0.508 e. The standard InChI is InChI=1S/C56H59F3N10O6/c1-4-37-41(57)8-5-32-21-36(70)22-40(46(32)37)49(60-3)47(59)48-31(2)50(68-27-33-6-7-34(28-68)61-33)64-54(63-48)75-30-56(11-12-56)29-65-15-13-55(14-16-65)25-35(26-55)66-17-19-67(20-18-66)44-24-39-38(23-42(44)58)52(73)69(53(39)74)43-9-10-45(71)62-51(43)72/h1,5,8,21-24,33-35,43,61,70H,3,6-7,9-20,25-30H2,2H3,(H,62,71,72)/b49-47+. The molecule has 3 unspecified atom stereocenters. The number of hydrogen-bond acceptors (Lipinski definition) is 14. The number of aromatic hydroxyl groups is 1. The molecule has 75 heavy (non-hydrogen) atoms. The second-order valence-corrected chi connectivity index (χ2v) is 22.3. The van der Waals surface area contributed by atoms with E-state index in [1.54, 1.807) is 6.92 Å². The van der Waals surface area contributed by atoms with Crippen LogP contribution in [0.5, 0.6) is 11.8 Å². The summed E-state index contributed by atoms with van der Waals surface area (Å²) in [6.45, 7) is 12.6. The predicted molar refractivity (Wildman–Crippen MR) is 275 cm³/mol. The summed E-state index contributed by atoms with van der Waals surface area (Å²) in [7, 11) is 0. The lowest BCUT2D eigenvalue weighted by molar-refractivity contribution is -0.136. The molecule has 3 N–H and O–H groups in total. The van der Waals surface area contributed by atoms with Gasteiger partial charge in [0, 0.05) is 92.3 Å². The minimum Gasteiger partial charge on any atom is -0.508 e. The number of terminal acetylenes is 1. The van der Waals surface area contributed by atoms with Crippen molar-refractivity contribution in [3.8, 4) is 24.1 Å². The molecular weight excluding hydrogens is 966 g/mol. The van der Waals surface area contributed by atoms with Gasteiger partial charge in [-0.1, -0.05) is 12.0 Å². The number of piperidine rings is 2. The van der Waals surface area contributed by atoms with E-state index in [4.69, 9.17) is 21.1 Å². The average Bonchev–Trinajstić information content (AvgIpc) is 4.02. The zero-order valence-electron chi connectivity index (χ0n) is 41.9. The number of aromatic nitrogens is 2. The quantitative estimate of drug-likeness (QED) is 0.0862. The Labute approximate surface area is 432 Å². The van der Waals surface area contributed by atoms with E-state index in [1.807, 2.05) is 4.90 Å². The zero-order valence-corrected chi connectivity index (χ0v) is 41.9. The maximum Gasteiger partial charge on any atom is 0.319 e. The molecule has 3 atom stereocenters. The average molecular weight is 1030 g/mol. The van der Waals surface area contributed by atoms with E-state index >= 15 is 13.2 Å². The molecule has 2 saturated carbocycles. The van der Waals surface area contributed by atoms with E-state index in [-0.39, 0.29) is 92.2 Å². The molecule has 3 aromatic carbocycles. The number of phenols is 1. The van der Waals surface area contributed by atoms with Gasteiger partial charge in [-0.3, -0.25) is 39.3 Å². The number of phenolic OH excluding ortho intramolecular Hbond substituents is 1. The Balaban J connectivity index is 0.683. The molecule has 6 aliphatic heterocycles. The Morgan fingerprint density at radius 1 is 0.907 bits per heavy atom. The van der Waals surface area contributed by atoms with Crippen LogP contribution in [0.2, 0.25) is 0 Å². The van der Waals surface area contributed by atoms with Crippen molar-refractivity contribution in [1.82, 2.24) is 35.3 Å². The Morgan fingerprint density at radius 3 is 2.28 bits per heavy atom. The fraction of sp³-hybridized carbons (Fsp3) is 0.482. The van der Waals surface area contributed by atoms with Crippen LogP contribution in [-0.2, 0) is 9.59 Å². The summed E-state index contributed by atoms with van der Waals surface area (Å²) in [5.41, 5.74) is 0.662. The molecule has 1 spiro atoms. The number of rotatable bonds is 12. The van der Waals surface area contributed by atoms with Crippen LogP contribution in [0.25, 0.3) is 22.3 Å². The normalized spacial score (nSPS) is 24.8. The molecule has 2 bridgehead atoms. The monoisotopic (exact) mass is 1020 g/mol. The number of piperazine rings is 2. The van der Waals surface area contributed by atoms with Crippen LogP contribution in [0.15, 0.2) is 41.4 Å². The number of carbonyl (C=O) groups is 4. The van der Waals surface area contributed by atoms with Crippen molar-refractivity contribution in [1.29, 1.82) is 0 Å². The predicted octanol–water partition coefficient (Wildman–Crippen LogP) is 5.97. The molecule has 7 fully saturated rings. The van der Waals surface area contributed by atoms with Crippen molar-refractivity contribution in [3.63, 3.8) is 0 Å². The van der Waals surface area contributed by atoms with E-state index < -0.39 is 47.1 Å². The lowest BCUT2D eigenvalue weighted by Gasteiger charge is -2.56. The summed E-state index contributed by atoms with van der Waals surface area (Å²) in [6.07, 6.45) is 14.3. The number of aliphatic imine (C=N–C) groups is 1. The number of imide groups is 2. The molecule has 4 amide bonds. The third-order valence-electron chi connectivity index (χ3n) is 17.6. The van der Waals surface area contributed by atoms with Crippen LogP contribution >= 0.6 is 0 Å². The number of benzene rings is 3. The molecule has 12 rings (SSSR count). The number of ether oxygens (including phenoxy) is 1. The van der Waals surface area contributed by atoms with Crippen molar-refractivity contribution < 1.29 is 42.2 Å². The number of likely N-dealkylation sites (tertiary alicyclic amines) is 1. The summed E-state index contributed by atoms with van der Waals surface area (Å²) in [6, 6.07) is 7.91. The third-order valence-corrected chi connectivity index (χ3v) is 17.6. The van der Waals surface area contributed by atoms with Crippen molar-refractivity contribution in [2.75, 3.05) is 75.3 Å². The second kappa shape index (κ2) is 18.7. The van der Waals surface area contributed by atoms with Crippen LogP contribution < -0.4 is 25.2 Å². The van der Waals surface area contributed by atoms with E-state index in [1.165, 1.54) is 30.3 Å². The topological polar surface area (TPSA) is 176 Å². The lowest BCUT2D eigenvalue weighted by atomic mass is 9.60. The van der Waals surface area contributed by atoms with Crippen molar-refractivity contribution in [2.45, 2.75) is 95.3 Å². The van der Waals surface area contributed by atoms with Gasteiger partial charge in [-0.2, -0.15) is 9.97 Å². The highest BCUT2D eigenvalue weighted by molar-refractivity contribution is 6.23. The number of halogens is 3. The molecule has 7 heterocycles. The maximum absolute atomic E-state index is 17.4. The number of nitrogens with one attached hydrogen (secondary N) is 2. The molecule has 5 saturated heterocycles. The van der Waals surface area contributed by atoms with Gasteiger partial charge >= 0.3 is 6.01 Å². The van der Waals surface area contributed by atoms with Gasteiger partial charge in [-0.25, -0.2) is 13.2 Å². The van der Waals surface area contributed by atoms with Gasteiger partial charge < -0.3 is 29.9 Å². The van der Waals surface area contributed by atoms with Gasteiger partial charge in [-0.15, -0.1) is 6.42 Å². The molecular formula is C56H59F3N10O6. The second-order valence-electron chi connectivity index (χ2n) is 22.3. The van der Waals surface area contributed by atoms with Gasteiger partial charge in [-0.05, 0) is 126 Å². The Kier molecular flexibility index (Phi) is 12.3. The molecule has 16 nitrogen and oxygen atoms in total. The van der Waals surface area contributed by atoms with E-state index in [0.29, 0.717) is 55.6 Å². The summed E-state index contributed by atoms with van der Waals surface area (Å²) in [4.78, 5) is 74.7. The third kappa shape index (κ3) is 8.77. The van der Waals surface area contributed by atoms with Crippen molar-refractivity contribution >= 4 is 64.1 Å². The summed E-state index contributed by atoms with van der Waals surface area (Å²) < 4.78 is 54.6. The van der Waals surface area contributed by atoms with Gasteiger partial charge in [0.25, 0.3) is 11.8 Å². The van der Waals surface area contributed by atoms with Crippen LogP contribution in [-0.4, -0.2) is 150 Å². The fourth-order valence-electron chi connectivity index (χ4n) is 13.2. The zero-order chi connectivity index (χ0) is 52.1. The molecule has 1 aromatic heterocycles. The minimum atomic E-state index is -1.11. The molecule has 19 heteroatoms. The van der Waals surface area contributed by atoms with Gasteiger partial charge in [0.15, 0.2) is 5.83 Å². The highest BCUT2D eigenvalue weighted by Gasteiger charge is 2.51. The fourth-order valence-corrected chi connectivity index (χ4v) is 13.2. The number of carbonyl (C=O) groups excluding carboxylic acids is 4. The highest BCUT2D eigenvalue weighted by Crippen LogP contribution is 2.53. The van der Waals surface area contributed by atoms with Gasteiger partial charge in [0.05, 0.1) is 29.0 Å². The molecule has 8 aliphatic rings. The van der Waals surface area contributed by atoms with E-state index in [0.717, 1.165) is 95.1 Å². The first kappa shape index (κ1) is 49.0. The summed E-state index contributed by atoms with van der Waals surface area (Å²) in [5.74, 6) is -1.84. The van der Waals surface area contributed by atoms with E-state index in [9.17, 15) is 24.3 Å². The summed E-state index contributed by atoms with van der Waals surface area (Å²) in [5, 5.41) is 17.2. The molecule has 390 valence electrons.